The zero-order valence-corrected chi connectivity index (χ0v) is 16.6. The molecule has 1 saturated heterocycles. The minimum Gasteiger partial charge on any atom is -0.354 e. The maximum absolute atomic E-state index is 12.4. The number of benzene rings is 2. The van der Waals surface area contributed by atoms with Crippen LogP contribution in [-0.4, -0.2) is 24.4 Å². The quantitative estimate of drug-likeness (QED) is 0.754. The fourth-order valence-electron chi connectivity index (χ4n) is 3.44. The van der Waals surface area contributed by atoms with E-state index in [1.165, 1.54) is 0 Å². The van der Waals surface area contributed by atoms with Gasteiger partial charge in [-0.15, -0.1) is 0 Å². The van der Waals surface area contributed by atoms with Crippen LogP contribution in [0.3, 0.4) is 0 Å². The molecule has 0 bridgehead atoms. The van der Waals surface area contributed by atoms with Gasteiger partial charge in [-0.2, -0.15) is 0 Å². The molecule has 3 rings (SSSR count). The van der Waals surface area contributed by atoms with Crippen molar-refractivity contribution in [3.8, 4) is 0 Å². The summed E-state index contributed by atoms with van der Waals surface area (Å²) in [6.45, 7) is 2.60. The average molecular weight is 405 g/mol. The lowest BCUT2D eigenvalue weighted by molar-refractivity contribution is -0.125. The molecule has 1 fully saturated rings. The zero-order chi connectivity index (χ0) is 19.4. The lowest BCUT2D eigenvalue weighted by Gasteiger charge is -2.26. The third-order valence-electron chi connectivity index (χ3n) is 5.11. The smallest absolute Gasteiger partial charge is 0.242 e. The Bertz CT molecular complexity index is 806. The van der Waals surface area contributed by atoms with Crippen molar-refractivity contribution in [2.75, 3.05) is 6.54 Å². The summed E-state index contributed by atoms with van der Waals surface area (Å²) in [5.74, 6) is 0.00783. The highest BCUT2D eigenvalue weighted by atomic mass is 35.5. The lowest BCUT2D eigenvalue weighted by atomic mass is 9.82. The predicted molar refractivity (Wildman–Crippen MR) is 108 cm³/mol. The Morgan fingerprint density at radius 2 is 1.63 bits per heavy atom. The van der Waals surface area contributed by atoms with Gasteiger partial charge in [-0.1, -0.05) is 54.4 Å². The second kappa shape index (κ2) is 8.77. The number of nitrogens with one attached hydrogen (secondary N) is 2. The minimum atomic E-state index is -0.436. The summed E-state index contributed by atoms with van der Waals surface area (Å²) in [5, 5.41) is 7.09. The molecule has 0 aromatic heterocycles. The highest BCUT2D eigenvalue weighted by molar-refractivity contribution is 6.30. The molecule has 142 valence electrons. The van der Waals surface area contributed by atoms with Crippen molar-refractivity contribution in [2.45, 2.75) is 37.6 Å². The standard InChI is InChI=1S/C21H22Cl2N2O2/c1-13(14-2-6-16(22)7-3-14)18(15-4-8-17(23)9-5-15)12-24-21(27)19-10-11-20(26)25-19/h2-9,13,18-19H,10-12H2,1H3,(H,24,27)(H,25,26). The van der Waals surface area contributed by atoms with Gasteiger partial charge in [0.2, 0.25) is 11.8 Å². The number of carbonyl (C=O) groups is 2. The van der Waals surface area contributed by atoms with Gasteiger partial charge in [-0.3, -0.25) is 9.59 Å². The van der Waals surface area contributed by atoms with Gasteiger partial charge in [0, 0.05) is 28.9 Å². The van der Waals surface area contributed by atoms with E-state index in [0.29, 0.717) is 29.4 Å². The first-order valence-corrected chi connectivity index (χ1v) is 9.77. The molecule has 2 amide bonds. The number of rotatable bonds is 6. The van der Waals surface area contributed by atoms with Crippen molar-refractivity contribution >= 4 is 35.0 Å². The molecule has 3 unspecified atom stereocenters. The molecule has 1 heterocycles. The molecular weight excluding hydrogens is 383 g/mol. The van der Waals surface area contributed by atoms with Crippen LogP contribution in [0.4, 0.5) is 0 Å². The van der Waals surface area contributed by atoms with Crippen molar-refractivity contribution < 1.29 is 9.59 Å². The first-order valence-electron chi connectivity index (χ1n) is 9.02. The third kappa shape index (κ3) is 5.02. The van der Waals surface area contributed by atoms with E-state index in [0.717, 1.165) is 11.1 Å². The summed E-state index contributed by atoms with van der Waals surface area (Å²) in [4.78, 5) is 23.8. The number of carbonyl (C=O) groups excluding carboxylic acids is 2. The molecule has 4 nitrogen and oxygen atoms in total. The number of hydrogen-bond acceptors (Lipinski definition) is 2. The maximum Gasteiger partial charge on any atom is 0.242 e. The van der Waals surface area contributed by atoms with Crippen molar-refractivity contribution in [1.82, 2.24) is 10.6 Å². The Hall–Kier alpha value is -2.04. The van der Waals surface area contributed by atoms with E-state index in [1.54, 1.807) is 0 Å². The van der Waals surface area contributed by atoms with Crippen LogP contribution in [0.15, 0.2) is 48.5 Å². The Labute approximate surface area is 169 Å². The van der Waals surface area contributed by atoms with Crippen molar-refractivity contribution in [2.24, 2.45) is 0 Å². The SMILES string of the molecule is CC(c1ccc(Cl)cc1)C(CNC(=O)C1CCC(=O)N1)c1ccc(Cl)cc1. The topological polar surface area (TPSA) is 58.2 Å². The van der Waals surface area contributed by atoms with E-state index in [-0.39, 0.29) is 23.7 Å². The van der Waals surface area contributed by atoms with E-state index < -0.39 is 6.04 Å². The van der Waals surface area contributed by atoms with Crippen molar-refractivity contribution in [1.29, 1.82) is 0 Å². The number of amides is 2. The van der Waals surface area contributed by atoms with E-state index in [2.05, 4.69) is 17.6 Å². The van der Waals surface area contributed by atoms with Gasteiger partial charge in [0.1, 0.15) is 6.04 Å². The second-order valence-electron chi connectivity index (χ2n) is 6.90. The van der Waals surface area contributed by atoms with Crippen LogP contribution in [0.2, 0.25) is 10.0 Å². The molecule has 0 spiro atoms. The van der Waals surface area contributed by atoms with E-state index >= 15 is 0 Å². The van der Waals surface area contributed by atoms with Gasteiger partial charge in [-0.25, -0.2) is 0 Å². The molecule has 1 aliphatic rings. The maximum atomic E-state index is 12.4. The van der Waals surface area contributed by atoms with E-state index in [9.17, 15) is 9.59 Å². The van der Waals surface area contributed by atoms with Gasteiger partial charge < -0.3 is 10.6 Å². The summed E-state index contributed by atoms with van der Waals surface area (Å²) >= 11 is 12.0. The summed E-state index contributed by atoms with van der Waals surface area (Å²) in [5.41, 5.74) is 2.24. The molecule has 1 aliphatic heterocycles. The van der Waals surface area contributed by atoms with E-state index in [4.69, 9.17) is 23.2 Å². The molecular formula is C21H22Cl2N2O2. The average Bonchev–Trinajstić information content (AvgIpc) is 3.10. The first-order chi connectivity index (χ1) is 12.9. The van der Waals surface area contributed by atoms with Crippen LogP contribution in [0.1, 0.15) is 42.7 Å². The molecule has 2 N–H and O–H groups in total. The minimum absolute atomic E-state index is 0.0597. The Kier molecular flexibility index (Phi) is 6.40. The fraction of sp³-hybridized carbons (Fsp3) is 0.333. The summed E-state index contributed by atoms with van der Waals surface area (Å²) in [6.07, 6.45) is 0.947. The van der Waals surface area contributed by atoms with Crippen LogP contribution < -0.4 is 10.6 Å². The van der Waals surface area contributed by atoms with Crippen LogP contribution in [0.25, 0.3) is 0 Å². The summed E-state index contributed by atoms with van der Waals surface area (Å²) < 4.78 is 0. The first kappa shape index (κ1) is 19.7. The Morgan fingerprint density at radius 3 is 2.15 bits per heavy atom. The van der Waals surface area contributed by atoms with Crippen LogP contribution in [0.5, 0.6) is 0 Å². The third-order valence-corrected chi connectivity index (χ3v) is 5.61. The monoisotopic (exact) mass is 404 g/mol. The molecule has 27 heavy (non-hydrogen) atoms. The molecule has 6 heteroatoms. The normalized spacial score (nSPS) is 18.6. The predicted octanol–water partition coefficient (Wildman–Crippen LogP) is 4.28. The molecule has 0 saturated carbocycles. The largest absolute Gasteiger partial charge is 0.354 e. The van der Waals surface area contributed by atoms with Gasteiger partial charge in [0.25, 0.3) is 0 Å². The fourth-order valence-corrected chi connectivity index (χ4v) is 3.69. The number of hydrogen-bond donors (Lipinski definition) is 2. The highest BCUT2D eigenvalue weighted by Gasteiger charge is 2.28. The molecule has 2 aromatic carbocycles. The van der Waals surface area contributed by atoms with E-state index in [1.807, 2.05) is 48.5 Å². The zero-order valence-electron chi connectivity index (χ0n) is 15.0. The molecule has 0 aliphatic carbocycles. The van der Waals surface area contributed by atoms with Crippen LogP contribution in [-0.2, 0) is 9.59 Å². The van der Waals surface area contributed by atoms with Crippen LogP contribution >= 0.6 is 23.2 Å². The van der Waals surface area contributed by atoms with Crippen LogP contribution in [0, 0.1) is 0 Å². The van der Waals surface area contributed by atoms with Gasteiger partial charge >= 0.3 is 0 Å². The lowest BCUT2D eigenvalue weighted by Crippen LogP contribution is -2.43. The Morgan fingerprint density at radius 1 is 1.07 bits per heavy atom. The highest BCUT2D eigenvalue weighted by Crippen LogP contribution is 2.33. The van der Waals surface area contributed by atoms with Gasteiger partial charge in [0.15, 0.2) is 0 Å². The van der Waals surface area contributed by atoms with Crippen molar-refractivity contribution in [3.05, 3.63) is 69.7 Å². The number of halogens is 2. The molecule has 0 radical (unpaired) electrons. The van der Waals surface area contributed by atoms with Crippen molar-refractivity contribution in [3.63, 3.8) is 0 Å². The Balaban J connectivity index is 1.77. The van der Waals surface area contributed by atoms with Gasteiger partial charge in [0.05, 0.1) is 0 Å². The second-order valence-corrected chi connectivity index (χ2v) is 7.78. The summed E-state index contributed by atoms with van der Waals surface area (Å²) in [6, 6.07) is 15.0. The molecule has 3 atom stereocenters. The van der Waals surface area contributed by atoms with Gasteiger partial charge in [-0.05, 0) is 47.7 Å². The summed E-state index contributed by atoms with van der Waals surface area (Å²) in [7, 11) is 0. The molecule has 2 aromatic rings.